The third-order valence-corrected chi connectivity index (χ3v) is 3.82. The molecule has 130 valence electrons. The molecule has 0 aliphatic heterocycles. The van der Waals surface area contributed by atoms with Gasteiger partial charge in [0, 0.05) is 11.3 Å². The van der Waals surface area contributed by atoms with E-state index in [1.165, 1.54) is 0 Å². The van der Waals surface area contributed by atoms with Crippen LogP contribution in [0.5, 0.6) is 0 Å². The van der Waals surface area contributed by atoms with Gasteiger partial charge in [0.05, 0.1) is 6.54 Å². The first-order valence-corrected chi connectivity index (χ1v) is 8.29. The molecule has 5 nitrogen and oxygen atoms in total. The van der Waals surface area contributed by atoms with E-state index in [1.807, 2.05) is 61.5 Å². The summed E-state index contributed by atoms with van der Waals surface area (Å²) in [6.45, 7) is 1.73. The van der Waals surface area contributed by atoms with Crippen LogP contribution < -0.4 is 10.6 Å². The van der Waals surface area contributed by atoms with Crippen LogP contribution in [0.4, 0.5) is 5.82 Å². The molecule has 0 bridgehead atoms. The number of aromatic nitrogens is 1. The molecule has 0 aliphatic carbocycles. The Hall–Kier alpha value is -3.47. The summed E-state index contributed by atoms with van der Waals surface area (Å²) in [5, 5.41) is 5.27. The summed E-state index contributed by atoms with van der Waals surface area (Å²) in [6.07, 6.45) is 0. The molecule has 5 heteroatoms. The van der Waals surface area contributed by atoms with E-state index in [-0.39, 0.29) is 18.4 Å². The molecule has 3 rings (SSSR count). The number of nitrogens with one attached hydrogen (secondary N) is 2. The Morgan fingerprint density at radius 2 is 1.54 bits per heavy atom. The van der Waals surface area contributed by atoms with E-state index in [9.17, 15) is 9.59 Å². The summed E-state index contributed by atoms with van der Waals surface area (Å²) >= 11 is 0. The molecule has 0 saturated heterocycles. The Morgan fingerprint density at radius 1 is 0.846 bits per heavy atom. The van der Waals surface area contributed by atoms with Crippen LogP contribution in [0, 0.1) is 6.92 Å². The van der Waals surface area contributed by atoms with E-state index in [4.69, 9.17) is 0 Å². The molecule has 0 radical (unpaired) electrons. The quantitative estimate of drug-likeness (QED) is 0.744. The van der Waals surface area contributed by atoms with Gasteiger partial charge >= 0.3 is 0 Å². The fraction of sp³-hybridized carbons (Fsp3) is 0.0952. The van der Waals surface area contributed by atoms with Gasteiger partial charge in [-0.2, -0.15) is 0 Å². The van der Waals surface area contributed by atoms with Crippen LogP contribution in [-0.4, -0.2) is 23.3 Å². The standard InChI is InChI=1S/C21H19N3O2/c1-15-6-5-9-19(23-15)24-20(25)14-22-21(26)18-12-10-17(11-13-18)16-7-3-2-4-8-16/h2-13H,14H2,1H3,(H,22,26)(H,23,24,25). The Labute approximate surface area is 152 Å². The molecule has 2 aromatic carbocycles. The largest absolute Gasteiger partial charge is 0.343 e. The molecule has 26 heavy (non-hydrogen) atoms. The van der Waals surface area contributed by atoms with Crippen molar-refractivity contribution >= 4 is 17.6 Å². The highest BCUT2D eigenvalue weighted by molar-refractivity contribution is 5.99. The number of rotatable bonds is 5. The summed E-state index contributed by atoms with van der Waals surface area (Å²) in [6, 6.07) is 22.6. The second kappa shape index (κ2) is 8.07. The molecule has 3 aromatic rings. The second-order valence-corrected chi connectivity index (χ2v) is 5.84. The second-order valence-electron chi connectivity index (χ2n) is 5.84. The number of anilines is 1. The minimum atomic E-state index is -0.322. The Morgan fingerprint density at radius 3 is 2.23 bits per heavy atom. The molecular formula is C21H19N3O2. The number of aryl methyl sites for hydroxylation is 1. The smallest absolute Gasteiger partial charge is 0.251 e. The van der Waals surface area contributed by atoms with Gasteiger partial charge < -0.3 is 10.6 Å². The van der Waals surface area contributed by atoms with E-state index in [0.29, 0.717) is 11.4 Å². The molecule has 0 spiro atoms. The van der Waals surface area contributed by atoms with Gasteiger partial charge in [-0.3, -0.25) is 9.59 Å². The van der Waals surface area contributed by atoms with E-state index in [2.05, 4.69) is 15.6 Å². The average molecular weight is 345 g/mol. The van der Waals surface area contributed by atoms with Gasteiger partial charge in [0.25, 0.3) is 5.91 Å². The monoisotopic (exact) mass is 345 g/mol. The van der Waals surface area contributed by atoms with Crippen LogP contribution in [0.1, 0.15) is 16.1 Å². The molecule has 0 saturated carbocycles. The minimum Gasteiger partial charge on any atom is -0.343 e. The van der Waals surface area contributed by atoms with Crippen LogP contribution in [0.2, 0.25) is 0 Å². The lowest BCUT2D eigenvalue weighted by Crippen LogP contribution is -2.33. The first-order valence-electron chi connectivity index (χ1n) is 8.29. The predicted octanol–water partition coefficient (Wildman–Crippen LogP) is 3.43. The first kappa shape index (κ1) is 17.4. The molecule has 2 N–H and O–H groups in total. The van der Waals surface area contributed by atoms with Crippen molar-refractivity contribution in [2.24, 2.45) is 0 Å². The third kappa shape index (κ3) is 4.54. The highest BCUT2D eigenvalue weighted by Crippen LogP contribution is 2.19. The number of benzene rings is 2. The molecule has 0 atom stereocenters. The molecule has 2 amide bonds. The Kier molecular flexibility index (Phi) is 5.39. The van der Waals surface area contributed by atoms with E-state index >= 15 is 0 Å². The Balaban J connectivity index is 1.55. The lowest BCUT2D eigenvalue weighted by atomic mass is 10.0. The fourth-order valence-electron chi connectivity index (χ4n) is 2.51. The van der Waals surface area contributed by atoms with Crippen molar-refractivity contribution in [3.8, 4) is 11.1 Å². The number of hydrogen-bond donors (Lipinski definition) is 2. The molecule has 0 aliphatic rings. The number of carbonyl (C=O) groups is 2. The molecular weight excluding hydrogens is 326 g/mol. The topological polar surface area (TPSA) is 71.1 Å². The maximum absolute atomic E-state index is 12.2. The van der Waals surface area contributed by atoms with Crippen LogP contribution in [0.3, 0.4) is 0 Å². The molecule has 1 heterocycles. The van der Waals surface area contributed by atoms with E-state index in [1.54, 1.807) is 18.2 Å². The fourth-order valence-corrected chi connectivity index (χ4v) is 2.51. The van der Waals surface area contributed by atoms with E-state index < -0.39 is 0 Å². The Bertz CT molecular complexity index is 906. The van der Waals surface area contributed by atoms with Crippen molar-refractivity contribution in [3.05, 3.63) is 84.1 Å². The molecule has 0 unspecified atom stereocenters. The lowest BCUT2D eigenvalue weighted by Gasteiger charge is -2.08. The van der Waals surface area contributed by atoms with Gasteiger partial charge in [-0.1, -0.05) is 48.5 Å². The van der Waals surface area contributed by atoms with Crippen molar-refractivity contribution in [2.45, 2.75) is 6.92 Å². The SMILES string of the molecule is Cc1cccc(NC(=O)CNC(=O)c2ccc(-c3ccccc3)cc2)n1. The highest BCUT2D eigenvalue weighted by Gasteiger charge is 2.09. The number of amides is 2. The first-order chi connectivity index (χ1) is 12.6. The zero-order chi connectivity index (χ0) is 18.4. The van der Waals surface area contributed by atoms with Crippen LogP contribution in [0.15, 0.2) is 72.8 Å². The summed E-state index contributed by atoms with van der Waals surface area (Å²) in [7, 11) is 0. The number of pyridine rings is 1. The maximum atomic E-state index is 12.2. The minimum absolute atomic E-state index is 0.116. The van der Waals surface area contributed by atoms with Crippen molar-refractivity contribution in [2.75, 3.05) is 11.9 Å². The predicted molar refractivity (Wildman–Crippen MR) is 102 cm³/mol. The van der Waals surface area contributed by atoms with Crippen molar-refractivity contribution < 1.29 is 9.59 Å². The maximum Gasteiger partial charge on any atom is 0.251 e. The number of carbonyl (C=O) groups excluding carboxylic acids is 2. The zero-order valence-corrected chi connectivity index (χ0v) is 14.4. The van der Waals surface area contributed by atoms with Crippen molar-refractivity contribution in [1.29, 1.82) is 0 Å². The van der Waals surface area contributed by atoms with Crippen LogP contribution in [-0.2, 0) is 4.79 Å². The number of hydrogen-bond acceptors (Lipinski definition) is 3. The summed E-state index contributed by atoms with van der Waals surface area (Å²) in [4.78, 5) is 28.3. The lowest BCUT2D eigenvalue weighted by molar-refractivity contribution is -0.115. The highest BCUT2D eigenvalue weighted by atomic mass is 16.2. The van der Waals surface area contributed by atoms with Gasteiger partial charge in [0.2, 0.25) is 5.91 Å². The van der Waals surface area contributed by atoms with Gasteiger partial charge in [0.1, 0.15) is 5.82 Å². The normalized spacial score (nSPS) is 10.2. The van der Waals surface area contributed by atoms with Crippen LogP contribution in [0.25, 0.3) is 11.1 Å². The third-order valence-electron chi connectivity index (χ3n) is 3.82. The van der Waals surface area contributed by atoms with Crippen molar-refractivity contribution in [3.63, 3.8) is 0 Å². The van der Waals surface area contributed by atoms with Gasteiger partial charge in [-0.15, -0.1) is 0 Å². The van der Waals surface area contributed by atoms with Gasteiger partial charge in [0.15, 0.2) is 0 Å². The summed E-state index contributed by atoms with van der Waals surface area (Å²) in [5.41, 5.74) is 3.44. The molecule has 0 fully saturated rings. The van der Waals surface area contributed by atoms with Crippen molar-refractivity contribution in [1.82, 2.24) is 10.3 Å². The van der Waals surface area contributed by atoms with E-state index in [0.717, 1.165) is 16.8 Å². The summed E-state index contributed by atoms with van der Waals surface area (Å²) in [5.74, 6) is -0.147. The van der Waals surface area contributed by atoms with Gasteiger partial charge in [-0.25, -0.2) is 4.98 Å². The number of nitrogens with zero attached hydrogens (tertiary/aromatic N) is 1. The van der Waals surface area contributed by atoms with Gasteiger partial charge in [-0.05, 0) is 42.3 Å². The summed E-state index contributed by atoms with van der Waals surface area (Å²) < 4.78 is 0. The van der Waals surface area contributed by atoms with Crippen LogP contribution >= 0.6 is 0 Å². The zero-order valence-electron chi connectivity index (χ0n) is 14.4. The molecule has 1 aromatic heterocycles. The average Bonchev–Trinajstić information content (AvgIpc) is 2.67.